The SMILES string of the molecule is C[C@H]1[C@H](C)CC[C@]2(C)CC[C@]3(C)C(=C4CC5[C@@]6(C)CC[C@H](OC4=O)C(C)(C)C6CC[C@]53C)[C@H]12. The molecule has 0 N–H and O–H groups in total. The molecule has 33 heavy (non-hydrogen) atoms. The molecular weight excluding hydrogens is 404 g/mol. The Morgan fingerprint density at radius 3 is 2.27 bits per heavy atom. The first-order chi connectivity index (χ1) is 15.3. The first-order valence-corrected chi connectivity index (χ1v) is 14.2. The van der Waals surface area contributed by atoms with E-state index in [1.807, 2.05) is 0 Å². The van der Waals surface area contributed by atoms with Crippen molar-refractivity contribution in [2.24, 2.45) is 56.7 Å². The van der Waals surface area contributed by atoms with Crippen LogP contribution in [-0.4, -0.2) is 12.1 Å². The summed E-state index contributed by atoms with van der Waals surface area (Å²) in [6, 6.07) is 0. The molecule has 184 valence electrons. The molecule has 6 fully saturated rings. The Morgan fingerprint density at radius 2 is 1.55 bits per heavy atom. The van der Waals surface area contributed by atoms with E-state index in [9.17, 15) is 4.79 Å². The quantitative estimate of drug-likeness (QED) is 0.348. The Hall–Kier alpha value is -0.790. The number of carbonyl (C=O) groups is 1. The molecular formula is C31H48O2. The van der Waals surface area contributed by atoms with Gasteiger partial charge in [-0.3, -0.25) is 0 Å². The van der Waals surface area contributed by atoms with Gasteiger partial charge >= 0.3 is 5.97 Å². The van der Waals surface area contributed by atoms with Crippen LogP contribution in [0.1, 0.15) is 113 Å². The number of rotatable bonds is 0. The van der Waals surface area contributed by atoms with Crippen LogP contribution in [0.15, 0.2) is 11.1 Å². The Labute approximate surface area is 202 Å². The van der Waals surface area contributed by atoms with Gasteiger partial charge in [0, 0.05) is 11.0 Å². The monoisotopic (exact) mass is 452 g/mol. The highest BCUT2D eigenvalue weighted by Gasteiger charge is 2.70. The molecule has 2 unspecified atom stereocenters. The number of fused-ring (bicyclic) bond motifs is 6. The molecule has 5 aliphatic carbocycles. The lowest BCUT2D eigenvalue weighted by Gasteiger charge is -2.71. The van der Waals surface area contributed by atoms with Gasteiger partial charge in [-0.05, 0) is 115 Å². The van der Waals surface area contributed by atoms with Crippen LogP contribution in [-0.2, 0) is 9.53 Å². The van der Waals surface area contributed by atoms with Gasteiger partial charge in [-0.1, -0.05) is 55.4 Å². The van der Waals surface area contributed by atoms with Gasteiger partial charge in [-0.2, -0.15) is 0 Å². The van der Waals surface area contributed by atoms with E-state index >= 15 is 0 Å². The number of carbonyl (C=O) groups excluding carboxylic acids is 1. The molecule has 7 rings (SSSR count). The largest absolute Gasteiger partial charge is 0.458 e. The zero-order chi connectivity index (χ0) is 23.8. The fourth-order valence-corrected chi connectivity index (χ4v) is 11.5. The van der Waals surface area contributed by atoms with Crippen molar-refractivity contribution in [2.75, 3.05) is 0 Å². The molecule has 0 aromatic heterocycles. The minimum absolute atomic E-state index is 0.0694. The van der Waals surface area contributed by atoms with Gasteiger partial charge in [0.2, 0.25) is 0 Å². The molecule has 2 heterocycles. The number of hydrogen-bond donors (Lipinski definition) is 0. The number of allylic oxidation sites excluding steroid dienone is 1. The maximum atomic E-state index is 14.1. The van der Waals surface area contributed by atoms with Crippen LogP contribution < -0.4 is 0 Å². The van der Waals surface area contributed by atoms with Crippen LogP contribution in [0.2, 0.25) is 0 Å². The molecule has 2 nitrogen and oxygen atoms in total. The molecule has 5 bridgehead atoms. The van der Waals surface area contributed by atoms with Crippen LogP contribution in [0.3, 0.4) is 0 Å². The highest BCUT2D eigenvalue weighted by molar-refractivity contribution is 5.90. The summed E-state index contributed by atoms with van der Waals surface area (Å²) in [6.45, 7) is 20.3. The van der Waals surface area contributed by atoms with E-state index in [1.165, 1.54) is 44.9 Å². The molecule has 7 aliphatic rings. The predicted molar refractivity (Wildman–Crippen MR) is 133 cm³/mol. The normalized spacial score (nSPS) is 56.9. The van der Waals surface area contributed by atoms with Crippen molar-refractivity contribution < 1.29 is 9.53 Å². The highest BCUT2D eigenvalue weighted by atomic mass is 16.5. The zero-order valence-corrected chi connectivity index (χ0v) is 22.6. The third-order valence-corrected chi connectivity index (χ3v) is 13.9. The van der Waals surface area contributed by atoms with Gasteiger partial charge in [0.15, 0.2) is 0 Å². The molecule has 2 saturated heterocycles. The second kappa shape index (κ2) is 6.50. The number of esters is 1. The van der Waals surface area contributed by atoms with Crippen molar-refractivity contribution in [2.45, 2.75) is 119 Å². The molecule has 0 aromatic rings. The van der Waals surface area contributed by atoms with E-state index in [4.69, 9.17) is 4.74 Å². The van der Waals surface area contributed by atoms with Gasteiger partial charge in [0.05, 0.1) is 0 Å². The van der Waals surface area contributed by atoms with Gasteiger partial charge in [0.25, 0.3) is 0 Å². The summed E-state index contributed by atoms with van der Waals surface area (Å²) in [7, 11) is 0. The molecule has 2 aliphatic heterocycles. The van der Waals surface area contributed by atoms with Crippen molar-refractivity contribution in [3.63, 3.8) is 0 Å². The second-order valence-corrected chi connectivity index (χ2v) is 15.3. The number of hydrogen-bond acceptors (Lipinski definition) is 2. The van der Waals surface area contributed by atoms with Crippen LogP contribution in [0.5, 0.6) is 0 Å². The van der Waals surface area contributed by atoms with E-state index in [0.29, 0.717) is 34.5 Å². The summed E-state index contributed by atoms with van der Waals surface area (Å²) in [6.07, 6.45) is 11.2. The number of ether oxygens (including phenoxy) is 1. The first kappa shape index (κ1) is 22.7. The fourth-order valence-electron chi connectivity index (χ4n) is 11.5. The van der Waals surface area contributed by atoms with E-state index < -0.39 is 0 Å². The highest BCUT2D eigenvalue weighted by Crippen LogP contribution is 2.77. The van der Waals surface area contributed by atoms with Crippen molar-refractivity contribution in [1.82, 2.24) is 0 Å². The van der Waals surface area contributed by atoms with E-state index in [0.717, 1.165) is 24.3 Å². The standard InChI is InChI=1S/C31H48O2/c1-18-9-12-28(5)15-16-31(8)25(24(28)19(18)2)20-17-22-29(6)13-11-23(33-26(20)32)27(3,4)21(29)10-14-30(22,31)7/h18-19,21-24H,9-17H2,1-8H3/t18-,19+,21?,22?,23+,24+,28-,29+,30-,31-/m1/s1. The molecule has 2 heteroatoms. The fraction of sp³-hybridized carbons (Fsp3) is 0.903. The predicted octanol–water partition coefficient (Wildman–Crippen LogP) is 7.96. The lowest BCUT2D eigenvalue weighted by atomic mass is 9.33. The maximum Gasteiger partial charge on any atom is 0.334 e. The summed E-state index contributed by atoms with van der Waals surface area (Å²) in [4.78, 5) is 14.1. The second-order valence-electron chi connectivity index (χ2n) is 15.3. The summed E-state index contributed by atoms with van der Waals surface area (Å²) in [5.74, 6) is 3.24. The minimum atomic E-state index is 0.0694. The van der Waals surface area contributed by atoms with E-state index in [-0.39, 0.29) is 28.3 Å². The van der Waals surface area contributed by atoms with Crippen molar-refractivity contribution in [3.05, 3.63) is 11.1 Å². The molecule has 4 saturated carbocycles. The van der Waals surface area contributed by atoms with E-state index in [1.54, 1.807) is 5.57 Å². The summed E-state index contributed by atoms with van der Waals surface area (Å²) >= 11 is 0. The maximum absolute atomic E-state index is 14.1. The Morgan fingerprint density at radius 1 is 0.818 bits per heavy atom. The summed E-state index contributed by atoms with van der Waals surface area (Å²) in [5.41, 5.74) is 3.86. The van der Waals surface area contributed by atoms with Gasteiger partial charge in [0.1, 0.15) is 6.10 Å². The Bertz CT molecular complexity index is 929. The van der Waals surface area contributed by atoms with Crippen LogP contribution in [0.4, 0.5) is 0 Å². The molecule has 0 radical (unpaired) electrons. The minimum Gasteiger partial charge on any atom is -0.458 e. The smallest absolute Gasteiger partial charge is 0.334 e. The van der Waals surface area contributed by atoms with Gasteiger partial charge in [-0.25, -0.2) is 4.79 Å². The van der Waals surface area contributed by atoms with Crippen LogP contribution in [0, 0.1) is 56.7 Å². The molecule has 0 amide bonds. The topological polar surface area (TPSA) is 26.3 Å². The molecule has 10 atom stereocenters. The summed E-state index contributed by atoms with van der Waals surface area (Å²) in [5, 5.41) is 0. The summed E-state index contributed by atoms with van der Waals surface area (Å²) < 4.78 is 6.56. The van der Waals surface area contributed by atoms with Gasteiger partial charge < -0.3 is 4.74 Å². The van der Waals surface area contributed by atoms with Crippen molar-refractivity contribution in [3.8, 4) is 0 Å². The van der Waals surface area contributed by atoms with Crippen molar-refractivity contribution in [1.29, 1.82) is 0 Å². The third kappa shape index (κ3) is 2.50. The lowest BCUT2D eigenvalue weighted by Crippen LogP contribution is -2.64. The van der Waals surface area contributed by atoms with E-state index in [2.05, 4.69) is 55.4 Å². The molecule has 0 spiro atoms. The lowest BCUT2D eigenvalue weighted by molar-refractivity contribution is -0.202. The molecule has 0 aromatic carbocycles. The van der Waals surface area contributed by atoms with Crippen molar-refractivity contribution >= 4 is 5.97 Å². The Balaban J connectivity index is 1.63. The van der Waals surface area contributed by atoms with Crippen LogP contribution >= 0.6 is 0 Å². The van der Waals surface area contributed by atoms with Crippen LogP contribution in [0.25, 0.3) is 0 Å². The Kier molecular flexibility index (Phi) is 4.46. The zero-order valence-electron chi connectivity index (χ0n) is 22.6. The third-order valence-electron chi connectivity index (χ3n) is 13.9. The average molecular weight is 453 g/mol. The average Bonchev–Trinajstić information content (AvgIpc) is 2.79. The first-order valence-electron chi connectivity index (χ1n) is 14.2. The van der Waals surface area contributed by atoms with Gasteiger partial charge in [-0.15, -0.1) is 0 Å².